The number of nitrogens with one attached hydrogen (secondary N) is 3. The second-order valence-corrected chi connectivity index (χ2v) is 7.02. The van der Waals surface area contributed by atoms with Gasteiger partial charge in [-0.15, -0.1) is 11.3 Å². The van der Waals surface area contributed by atoms with Gasteiger partial charge in [0.15, 0.2) is 5.96 Å². The summed E-state index contributed by atoms with van der Waals surface area (Å²) < 4.78 is 5.34. The largest absolute Gasteiger partial charge is 0.469 e. The molecule has 2 aromatic rings. The van der Waals surface area contributed by atoms with Crippen LogP contribution in [-0.2, 0) is 17.8 Å². The van der Waals surface area contributed by atoms with Crippen LogP contribution in [0, 0.1) is 5.92 Å². The number of hydrogen-bond acceptors (Lipinski definition) is 4. The maximum Gasteiger partial charge on any atom is 0.223 e. The molecule has 0 spiro atoms. The SMILES string of the molecule is O=C(NCCNC(=NCc1cccs1)NCCc1ccco1)C1CC1. The van der Waals surface area contributed by atoms with Crippen molar-refractivity contribution in [3.05, 3.63) is 46.5 Å². The molecule has 6 nitrogen and oxygen atoms in total. The smallest absolute Gasteiger partial charge is 0.223 e. The van der Waals surface area contributed by atoms with Gasteiger partial charge in [-0.1, -0.05) is 6.07 Å². The minimum atomic E-state index is 0.171. The predicted molar refractivity (Wildman–Crippen MR) is 99.6 cm³/mol. The van der Waals surface area contributed by atoms with E-state index in [9.17, 15) is 4.79 Å². The van der Waals surface area contributed by atoms with E-state index in [4.69, 9.17) is 4.42 Å². The van der Waals surface area contributed by atoms with Crippen molar-refractivity contribution in [2.45, 2.75) is 25.8 Å². The van der Waals surface area contributed by atoms with Gasteiger partial charge in [0.1, 0.15) is 5.76 Å². The van der Waals surface area contributed by atoms with E-state index in [1.54, 1.807) is 17.6 Å². The highest BCUT2D eigenvalue weighted by Crippen LogP contribution is 2.28. The van der Waals surface area contributed by atoms with Crippen LogP contribution in [0.25, 0.3) is 0 Å². The number of guanidine groups is 1. The summed E-state index contributed by atoms with van der Waals surface area (Å²) in [6, 6.07) is 7.96. The fourth-order valence-electron chi connectivity index (χ4n) is 2.35. The van der Waals surface area contributed by atoms with Crippen LogP contribution in [0.2, 0.25) is 0 Å². The van der Waals surface area contributed by atoms with Crippen molar-refractivity contribution in [2.24, 2.45) is 10.9 Å². The van der Waals surface area contributed by atoms with Crippen LogP contribution in [0.1, 0.15) is 23.5 Å². The van der Waals surface area contributed by atoms with Gasteiger partial charge >= 0.3 is 0 Å². The summed E-state index contributed by atoms with van der Waals surface area (Å²) in [6.07, 6.45) is 4.54. The standard InChI is InChI=1S/C18H24N4O2S/c23-17(14-5-6-14)19-9-10-21-18(22-13-16-4-2-12-25-16)20-8-7-15-3-1-11-24-15/h1-4,11-12,14H,5-10,13H2,(H,19,23)(H2,20,21,22). The predicted octanol–water partition coefficient (Wildman–Crippen LogP) is 2.15. The van der Waals surface area contributed by atoms with Crippen molar-refractivity contribution in [2.75, 3.05) is 19.6 Å². The topological polar surface area (TPSA) is 78.7 Å². The zero-order valence-electron chi connectivity index (χ0n) is 14.2. The molecule has 1 fully saturated rings. The summed E-state index contributed by atoms with van der Waals surface area (Å²) in [7, 11) is 0. The van der Waals surface area contributed by atoms with Gasteiger partial charge in [-0.2, -0.15) is 0 Å². The minimum absolute atomic E-state index is 0.171. The van der Waals surface area contributed by atoms with E-state index in [1.165, 1.54) is 4.88 Å². The lowest BCUT2D eigenvalue weighted by molar-refractivity contribution is -0.122. The van der Waals surface area contributed by atoms with Crippen LogP contribution >= 0.6 is 11.3 Å². The number of aliphatic imine (C=N–C) groups is 1. The molecule has 1 aliphatic rings. The van der Waals surface area contributed by atoms with E-state index in [-0.39, 0.29) is 11.8 Å². The number of rotatable bonds is 9. The number of carbonyl (C=O) groups is 1. The van der Waals surface area contributed by atoms with E-state index in [0.717, 1.165) is 37.5 Å². The normalized spacial score (nSPS) is 14.3. The van der Waals surface area contributed by atoms with Crippen molar-refractivity contribution in [3.63, 3.8) is 0 Å². The molecule has 7 heteroatoms. The summed E-state index contributed by atoms with van der Waals surface area (Å²) in [5, 5.41) is 11.6. The molecule has 3 N–H and O–H groups in total. The maximum atomic E-state index is 11.6. The summed E-state index contributed by atoms with van der Waals surface area (Å²) in [6.45, 7) is 2.63. The molecule has 0 unspecified atom stereocenters. The van der Waals surface area contributed by atoms with Crippen LogP contribution < -0.4 is 16.0 Å². The van der Waals surface area contributed by atoms with E-state index in [2.05, 4.69) is 32.4 Å². The lowest BCUT2D eigenvalue weighted by Gasteiger charge is -2.12. The lowest BCUT2D eigenvalue weighted by atomic mass is 10.3. The van der Waals surface area contributed by atoms with E-state index >= 15 is 0 Å². The Balaban J connectivity index is 1.42. The minimum Gasteiger partial charge on any atom is -0.469 e. The monoisotopic (exact) mass is 360 g/mol. The van der Waals surface area contributed by atoms with E-state index in [1.807, 2.05) is 18.2 Å². The van der Waals surface area contributed by atoms with Gasteiger partial charge in [0.2, 0.25) is 5.91 Å². The molecule has 1 aliphatic carbocycles. The van der Waals surface area contributed by atoms with E-state index < -0.39 is 0 Å². The van der Waals surface area contributed by atoms with Crippen molar-refractivity contribution in [1.82, 2.24) is 16.0 Å². The van der Waals surface area contributed by atoms with Gasteiger partial charge in [-0.25, -0.2) is 4.99 Å². The van der Waals surface area contributed by atoms with Gasteiger partial charge in [-0.3, -0.25) is 4.79 Å². The first-order chi connectivity index (χ1) is 12.3. The molecule has 0 radical (unpaired) electrons. The zero-order chi connectivity index (χ0) is 17.3. The Bertz CT molecular complexity index is 663. The second kappa shape index (κ2) is 9.27. The molecule has 2 aromatic heterocycles. The molecule has 1 amide bonds. The van der Waals surface area contributed by atoms with Crippen molar-refractivity contribution < 1.29 is 9.21 Å². The first-order valence-corrected chi connectivity index (χ1v) is 9.54. The molecule has 0 aliphatic heterocycles. The van der Waals surface area contributed by atoms with Gasteiger partial charge in [0.05, 0.1) is 12.8 Å². The van der Waals surface area contributed by atoms with Crippen LogP contribution in [-0.4, -0.2) is 31.5 Å². The summed E-state index contributed by atoms with van der Waals surface area (Å²) >= 11 is 1.69. The van der Waals surface area contributed by atoms with Crippen LogP contribution in [0.3, 0.4) is 0 Å². The average Bonchev–Trinajstić information content (AvgIpc) is 3.10. The third-order valence-corrected chi connectivity index (χ3v) is 4.74. The number of furan rings is 1. The first-order valence-electron chi connectivity index (χ1n) is 8.66. The molecule has 2 heterocycles. The van der Waals surface area contributed by atoms with Crippen LogP contribution in [0.5, 0.6) is 0 Å². The van der Waals surface area contributed by atoms with Crippen molar-refractivity contribution >= 4 is 23.2 Å². The maximum absolute atomic E-state index is 11.6. The van der Waals surface area contributed by atoms with Gasteiger partial charge in [0.25, 0.3) is 0 Å². The van der Waals surface area contributed by atoms with Crippen LogP contribution in [0.4, 0.5) is 0 Å². The zero-order valence-corrected chi connectivity index (χ0v) is 15.0. The number of nitrogens with zero attached hydrogens (tertiary/aromatic N) is 1. The van der Waals surface area contributed by atoms with Crippen LogP contribution in [0.15, 0.2) is 45.3 Å². The van der Waals surface area contributed by atoms with Gasteiger partial charge in [-0.05, 0) is 36.4 Å². The molecular weight excluding hydrogens is 336 g/mol. The second-order valence-electron chi connectivity index (χ2n) is 5.99. The highest BCUT2D eigenvalue weighted by atomic mass is 32.1. The fourth-order valence-corrected chi connectivity index (χ4v) is 2.98. The molecule has 0 saturated heterocycles. The Morgan fingerprint density at radius 2 is 2.00 bits per heavy atom. The Kier molecular flexibility index (Phi) is 6.50. The summed E-state index contributed by atoms with van der Waals surface area (Å²) in [5.74, 6) is 2.12. The quantitative estimate of drug-likeness (QED) is 0.364. The molecule has 134 valence electrons. The summed E-state index contributed by atoms with van der Waals surface area (Å²) in [5.41, 5.74) is 0. The number of hydrogen-bond donors (Lipinski definition) is 3. The number of thiophene rings is 1. The molecule has 1 saturated carbocycles. The Morgan fingerprint density at radius 3 is 2.72 bits per heavy atom. The van der Waals surface area contributed by atoms with Gasteiger partial charge in [0, 0.05) is 36.9 Å². The molecule has 25 heavy (non-hydrogen) atoms. The third kappa shape index (κ3) is 6.26. The highest BCUT2D eigenvalue weighted by molar-refractivity contribution is 7.09. The van der Waals surface area contributed by atoms with E-state index in [0.29, 0.717) is 19.6 Å². The van der Waals surface area contributed by atoms with Crippen molar-refractivity contribution in [1.29, 1.82) is 0 Å². The molecule has 0 aromatic carbocycles. The third-order valence-electron chi connectivity index (χ3n) is 3.88. The molecule has 0 bridgehead atoms. The Morgan fingerprint density at radius 1 is 1.16 bits per heavy atom. The molecule has 0 atom stereocenters. The fraction of sp³-hybridized carbons (Fsp3) is 0.444. The Hall–Kier alpha value is -2.28. The average molecular weight is 360 g/mol. The van der Waals surface area contributed by atoms with Gasteiger partial charge < -0.3 is 20.4 Å². The lowest BCUT2D eigenvalue weighted by Crippen LogP contribution is -2.42. The number of amides is 1. The Labute approximate surface area is 151 Å². The summed E-state index contributed by atoms with van der Waals surface area (Å²) in [4.78, 5) is 17.5. The molecular formula is C18H24N4O2S. The number of carbonyl (C=O) groups excluding carboxylic acids is 1. The van der Waals surface area contributed by atoms with Crippen molar-refractivity contribution in [3.8, 4) is 0 Å². The first kappa shape index (κ1) is 17.5. The highest BCUT2D eigenvalue weighted by Gasteiger charge is 2.28. The molecule has 3 rings (SSSR count).